The largest absolute Gasteiger partial charge is 0.292 e. The molecule has 106 valence electrons. The molecule has 0 spiro atoms. The summed E-state index contributed by atoms with van der Waals surface area (Å²) in [4.78, 5) is 12.6. The molecular formula is C15H7Br2Cl2NO. The molecule has 2 rings (SSSR count). The SMILES string of the molecule is N#CC(C(=O)c1cc(Br)cc(Br)c1)c1c(Cl)cccc1Cl. The van der Waals surface area contributed by atoms with Crippen molar-refractivity contribution in [2.45, 2.75) is 5.92 Å². The maximum Gasteiger partial charge on any atom is 0.184 e. The molecule has 0 aliphatic rings. The van der Waals surface area contributed by atoms with Gasteiger partial charge in [0.2, 0.25) is 0 Å². The number of carbonyl (C=O) groups excluding carboxylic acids is 1. The summed E-state index contributed by atoms with van der Waals surface area (Å²) >= 11 is 18.8. The summed E-state index contributed by atoms with van der Waals surface area (Å²) in [5.41, 5.74) is 0.739. The van der Waals surface area contributed by atoms with E-state index >= 15 is 0 Å². The maximum absolute atomic E-state index is 12.6. The van der Waals surface area contributed by atoms with Crippen LogP contribution >= 0.6 is 55.1 Å². The minimum absolute atomic E-state index is 0.302. The highest BCUT2D eigenvalue weighted by molar-refractivity contribution is 9.11. The van der Waals surface area contributed by atoms with Crippen molar-refractivity contribution in [2.75, 3.05) is 0 Å². The van der Waals surface area contributed by atoms with E-state index in [0.717, 1.165) is 8.95 Å². The average Bonchev–Trinajstić information content (AvgIpc) is 2.41. The van der Waals surface area contributed by atoms with E-state index in [2.05, 4.69) is 31.9 Å². The summed E-state index contributed by atoms with van der Waals surface area (Å²) in [6.45, 7) is 0. The van der Waals surface area contributed by atoms with E-state index in [9.17, 15) is 10.1 Å². The first-order valence-electron chi connectivity index (χ1n) is 5.78. The summed E-state index contributed by atoms with van der Waals surface area (Å²) in [6.07, 6.45) is 0. The number of halogens is 4. The molecular weight excluding hydrogens is 441 g/mol. The smallest absolute Gasteiger partial charge is 0.184 e. The highest BCUT2D eigenvalue weighted by Crippen LogP contribution is 2.34. The zero-order valence-electron chi connectivity index (χ0n) is 10.4. The summed E-state index contributed by atoms with van der Waals surface area (Å²) in [5, 5.41) is 9.99. The molecule has 2 nitrogen and oxygen atoms in total. The Morgan fingerprint density at radius 3 is 2.10 bits per heavy atom. The van der Waals surface area contributed by atoms with Crippen LogP contribution in [0.3, 0.4) is 0 Å². The Morgan fingerprint density at radius 2 is 1.62 bits per heavy atom. The van der Waals surface area contributed by atoms with Crippen molar-refractivity contribution in [3.8, 4) is 6.07 Å². The summed E-state index contributed by atoms with van der Waals surface area (Å²) in [5.74, 6) is -1.40. The van der Waals surface area contributed by atoms with Crippen molar-refractivity contribution < 1.29 is 4.79 Å². The van der Waals surface area contributed by atoms with Crippen LogP contribution in [0.2, 0.25) is 10.0 Å². The minimum Gasteiger partial charge on any atom is -0.292 e. The summed E-state index contributed by atoms with van der Waals surface area (Å²) < 4.78 is 1.48. The van der Waals surface area contributed by atoms with Gasteiger partial charge in [-0.15, -0.1) is 0 Å². The Kier molecular flexibility index (Phi) is 5.45. The van der Waals surface area contributed by atoms with Crippen LogP contribution in [-0.2, 0) is 0 Å². The number of carbonyl (C=O) groups is 1. The lowest BCUT2D eigenvalue weighted by atomic mass is 9.92. The van der Waals surface area contributed by atoms with Gasteiger partial charge in [0.05, 0.1) is 6.07 Å². The number of hydrogen-bond donors (Lipinski definition) is 0. The second-order valence-corrected chi connectivity index (χ2v) is 6.87. The highest BCUT2D eigenvalue weighted by Gasteiger charge is 2.26. The lowest BCUT2D eigenvalue weighted by molar-refractivity contribution is 0.0979. The van der Waals surface area contributed by atoms with Crippen LogP contribution in [0.4, 0.5) is 0 Å². The van der Waals surface area contributed by atoms with Crippen molar-refractivity contribution in [1.29, 1.82) is 5.26 Å². The van der Waals surface area contributed by atoms with Gasteiger partial charge in [-0.1, -0.05) is 61.1 Å². The standard InChI is InChI=1S/C15H7Br2Cl2NO/c16-9-4-8(5-10(17)6-9)15(21)11(7-20)14-12(18)2-1-3-13(14)19/h1-6,11H. The van der Waals surface area contributed by atoms with Gasteiger partial charge in [-0.2, -0.15) is 5.26 Å². The van der Waals surface area contributed by atoms with Gasteiger partial charge in [-0.05, 0) is 30.3 Å². The molecule has 0 N–H and O–H groups in total. The van der Waals surface area contributed by atoms with Crippen molar-refractivity contribution in [2.24, 2.45) is 0 Å². The highest BCUT2D eigenvalue weighted by atomic mass is 79.9. The monoisotopic (exact) mass is 445 g/mol. The third-order valence-corrected chi connectivity index (χ3v) is 4.40. The number of hydrogen-bond acceptors (Lipinski definition) is 2. The van der Waals surface area contributed by atoms with Crippen LogP contribution in [0.5, 0.6) is 0 Å². The fraction of sp³-hybridized carbons (Fsp3) is 0.0667. The van der Waals surface area contributed by atoms with Gasteiger partial charge in [0.15, 0.2) is 5.78 Å². The van der Waals surface area contributed by atoms with E-state index in [1.54, 1.807) is 36.4 Å². The fourth-order valence-corrected chi connectivity index (χ4v) is 3.81. The zero-order valence-corrected chi connectivity index (χ0v) is 15.1. The Morgan fingerprint density at radius 1 is 1.10 bits per heavy atom. The van der Waals surface area contributed by atoms with Crippen LogP contribution in [0.25, 0.3) is 0 Å². The predicted octanol–water partition coefficient (Wildman–Crippen LogP) is 6.01. The third kappa shape index (κ3) is 3.67. The second-order valence-electron chi connectivity index (χ2n) is 4.22. The zero-order chi connectivity index (χ0) is 15.6. The van der Waals surface area contributed by atoms with Crippen LogP contribution in [0.1, 0.15) is 21.8 Å². The molecule has 0 radical (unpaired) electrons. The lowest BCUT2D eigenvalue weighted by Gasteiger charge is -2.13. The summed E-state index contributed by atoms with van der Waals surface area (Å²) in [6, 6.07) is 12.0. The van der Waals surface area contributed by atoms with E-state index in [-0.39, 0.29) is 5.78 Å². The Bertz CT molecular complexity index is 715. The van der Waals surface area contributed by atoms with Crippen LogP contribution in [0.15, 0.2) is 45.3 Å². The average molecular weight is 448 g/mol. The molecule has 0 aromatic heterocycles. The van der Waals surface area contributed by atoms with Gasteiger partial charge in [0, 0.05) is 30.1 Å². The quantitative estimate of drug-likeness (QED) is 0.541. The number of Topliss-reactive ketones (excluding diaryl/α,β-unsaturated/α-hetero) is 1. The van der Waals surface area contributed by atoms with E-state index in [1.807, 2.05) is 6.07 Å². The Hall–Kier alpha value is -0.860. The third-order valence-electron chi connectivity index (χ3n) is 2.83. The molecule has 0 bridgehead atoms. The molecule has 0 fully saturated rings. The molecule has 2 aromatic carbocycles. The van der Waals surface area contributed by atoms with Gasteiger partial charge in [0.25, 0.3) is 0 Å². The molecule has 21 heavy (non-hydrogen) atoms. The number of benzene rings is 2. The molecule has 1 unspecified atom stereocenters. The maximum atomic E-state index is 12.6. The molecule has 0 aliphatic heterocycles. The van der Waals surface area contributed by atoms with Gasteiger partial charge in [-0.25, -0.2) is 0 Å². The number of nitrogens with zero attached hydrogens (tertiary/aromatic N) is 1. The molecule has 6 heteroatoms. The number of ketones is 1. The van der Waals surface area contributed by atoms with E-state index in [0.29, 0.717) is 21.2 Å². The molecule has 0 amide bonds. The van der Waals surface area contributed by atoms with Gasteiger partial charge >= 0.3 is 0 Å². The summed E-state index contributed by atoms with van der Waals surface area (Å²) in [7, 11) is 0. The van der Waals surface area contributed by atoms with Crippen LogP contribution < -0.4 is 0 Å². The topological polar surface area (TPSA) is 40.9 Å². The lowest BCUT2D eigenvalue weighted by Crippen LogP contribution is -2.12. The Balaban J connectivity index is 2.52. The first kappa shape index (κ1) is 16.5. The van der Waals surface area contributed by atoms with Crippen molar-refractivity contribution in [1.82, 2.24) is 0 Å². The first-order valence-corrected chi connectivity index (χ1v) is 8.12. The predicted molar refractivity (Wildman–Crippen MR) is 91.0 cm³/mol. The molecule has 0 saturated heterocycles. The molecule has 1 atom stereocenters. The Labute approximate surface area is 148 Å². The van der Waals surface area contributed by atoms with Gasteiger partial charge in [-0.3, -0.25) is 4.79 Å². The van der Waals surface area contributed by atoms with Crippen molar-refractivity contribution in [3.63, 3.8) is 0 Å². The number of nitriles is 1. The number of rotatable bonds is 3. The molecule has 0 saturated carbocycles. The molecule has 0 heterocycles. The fourth-order valence-electron chi connectivity index (χ4n) is 1.90. The minimum atomic E-state index is -1.05. The van der Waals surface area contributed by atoms with Gasteiger partial charge < -0.3 is 0 Å². The van der Waals surface area contributed by atoms with Crippen LogP contribution in [0, 0.1) is 11.3 Å². The van der Waals surface area contributed by atoms with Crippen molar-refractivity contribution >= 4 is 60.8 Å². The van der Waals surface area contributed by atoms with Crippen molar-refractivity contribution in [3.05, 3.63) is 66.5 Å². The first-order chi connectivity index (χ1) is 9.93. The van der Waals surface area contributed by atoms with Gasteiger partial charge in [0.1, 0.15) is 5.92 Å². The van der Waals surface area contributed by atoms with Crippen LogP contribution in [-0.4, -0.2) is 5.78 Å². The molecule has 0 aliphatic carbocycles. The normalized spacial score (nSPS) is 11.8. The van der Waals surface area contributed by atoms with E-state index in [1.165, 1.54) is 0 Å². The van der Waals surface area contributed by atoms with E-state index in [4.69, 9.17) is 23.2 Å². The second kappa shape index (κ2) is 6.93. The molecule has 2 aromatic rings. The van der Waals surface area contributed by atoms with E-state index < -0.39 is 5.92 Å².